The van der Waals surface area contributed by atoms with Gasteiger partial charge in [0.2, 0.25) is 6.39 Å². The van der Waals surface area contributed by atoms with Gasteiger partial charge in [0.15, 0.2) is 5.82 Å². The molecule has 0 aromatic carbocycles. The van der Waals surface area contributed by atoms with Gasteiger partial charge in [-0.15, -0.1) is 0 Å². The fraction of sp³-hybridized carbons (Fsp3) is 0.818. The van der Waals surface area contributed by atoms with E-state index in [9.17, 15) is 0 Å². The summed E-state index contributed by atoms with van der Waals surface area (Å²) < 4.78 is 4.82. The van der Waals surface area contributed by atoms with Gasteiger partial charge in [0.1, 0.15) is 0 Å². The molecule has 1 aromatic heterocycles. The molecule has 2 unspecified atom stereocenters. The van der Waals surface area contributed by atoms with Gasteiger partial charge in [-0.2, -0.15) is 4.98 Å². The van der Waals surface area contributed by atoms with Crippen molar-refractivity contribution in [1.29, 1.82) is 0 Å². The molecule has 1 aliphatic rings. The van der Waals surface area contributed by atoms with E-state index in [1.807, 2.05) is 0 Å². The van der Waals surface area contributed by atoms with Crippen molar-refractivity contribution in [3.05, 3.63) is 12.2 Å². The number of nitrogens with zero attached hydrogens (tertiary/aromatic N) is 2. The van der Waals surface area contributed by atoms with Crippen molar-refractivity contribution in [2.45, 2.75) is 45.1 Å². The van der Waals surface area contributed by atoms with E-state index in [1.165, 1.54) is 19.2 Å². The third kappa shape index (κ3) is 1.78. The Kier molecular flexibility index (Phi) is 2.78. The molecule has 4 heteroatoms. The Bertz CT molecular complexity index is 310. The molecule has 1 saturated carbocycles. The van der Waals surface area contributed by atoms with Crippen LogP contribution in [0.2, 0.25) is 0 Å². The number of aromatic nitrogens is 2. The molecule has 1 fully saturated rings. The van der Waals surface area contributed by atoms with Gasteiger partial charge in [-0.1, -0.05) is 31.8 Å². The lowest BCUT2D eigenvalue weighted by Gasteiger charge is -2.41. The van der Waals surface area contributed by atoms with Gasteiger partial charge in [0, 0.05) is 0 Å². The molecule has 1 aromatic rings. The molecule has 0 spiro atoms. The van der Waals surface area contributed by atoms with Crippen molar-refractivity contribution < 1.29 is 4.52 Å². The van der Waals surface area contributed by atoms with E-state index in [1.54, 1.807) is 0 Å². The van der Waals surface area contributed by atoms with Crippen molar-refractivity contribution in [1.82, 2.24) is 10.1 Å². The third-order valence-corrected chi connectivity index (χ3v) is 3.60. The summed E-state index contributed by atoms with van der Waals surface area (Å²) in [6, 6.07) is 0. The second kappa shape index (κ2) is 3.93. The Morgan fingerprint density at radius 3 is 2.93 bits per heavy atom. The van der Waals surface area contributed by atoms with E-state index in [-0.39, 0.29) is 5.54 Å². The quantitative estimate of drug-likeness (QED) is 0.809. The predicted octanol–water partition coefficient (Wildman–Crippen LogP) is 2.07. The summed E-state index contributed by atoms with van der Waals surface area (Å²) >= 11 is 0. The highest BCUT2D eigenvalue weighted by Gasteiger charge is 2.43. The van der Waals surface area contributed by atoms with Gasteiger partial charge in [-0.3, -0.25) is 0 Å². The first kappa shape index (κ1) is 10.6. The molecule has 1 aliphatic carbocycles. The van der Waals surface area contributed by atoms with Gasteiger partial charge < -0.3 is 10.3 Å². The monoisotopic (exact) mass is 209 g/mol. The highest BCUT2D eigenvalue weighted by atomic mass is 16.5. The second-order valence-electron chi connectivity index (χ2n) is 4.89. The molecule has 2 N–H and O–H groups in total. The van der Waals surface area contributed by atoms with Gasteiger partial charge in [-0.05, 0) is 24.7 Å². The normalized spacial score (nSPS) is 32.1. The zero-order chi connectivity index (χ0) is 10.9. The lowest BCUT2D eigenvalue weighted by molar-refractivity contribution is 0.129. The molecular formula is C11H19N3O. The van der Waals surface area contributed by atoms with Gasteiger partial charge >= 0.3 is 0 Å². The summed E-state index contributed by atoms with van der Waals surface area (Å²) in [5.74, 6) is 1.71. The summed E-state index contributed by atoms with van der Waals surface area (Å²) in [7, 11) is 0. The average molecular weight is 209 g/mol. The maximum atomic E-state index is 6.48. The molecule has 84 valence electrons. The molecule has 1 heterocycles. The Labute approximate surface area is 90.2 Å². The smallest absolute Gasteiger partial charge is 0.213 e. The largest absolute Gasteiger partial charge is 0.343 e. The van der Waals surface area contributed by atoms with Crippen LogP contribution in [0, 0.1) is 11.8 Å². The Morgan fingerprint density at radius 2 is 2.33 bits per heavy atom. The van der Waals surface area contributed by atoms with Crippen molar-refractivity contribution in [2.24, 2.45) is 17.6 Å². The van der Waals surface area contributed by atoms with E-state index < -0.39 is 0 Å². The Hall–Kier alpha value is -0.900. The van der Waals surface area contributed by atoms with Crippen molar-refractivity contribution in [2.75, 3.05) is 0 Å². The topological polar surface area (TPSA) is 64.9 Å². The van der Waals surface area contributed by atoms with Gasteiger partial charge in [0.05, 0.1) is 5.54 Å². The van der Waals surface area contributed by atoms with Crippen molar-refractivity contribution in [3.63, 3.8) is 0 Å². The number of hydrogen-bond donors (Lipinski definition) is 1. The van der Waals surface area contributed by atoms with E-state index in [4.69, 9.17) is 10.3 Å². The van der Waals surface area contributed by atoms with Crippen LogP contribution in [0.3, 0.4) is 0 Å². The van der Waals surface area contributed by atoms with Crippen LogP contribution in [0.15, 0.2) is 10.9 Å². The molecule has 0 saturated heterocycles. The molecule has 4 nitrogen and oxygen atoms in total. The molecule has 0 bridgehead atoms. The lowest BCUT2D eigenvalue weighted by Crippen LogP contribution is -2.49. The molecule has 15 heavy (non-hydrogen) atoms. The Balaban J connectivity index is 2.30. The zero-order valence-electron chi connectivity index (χ0n) is 9.44. The van der Waals surface area contributed by atoms with Crippen LogP contribution in [0.4, 0.5) is 0 Å². The Morgan fingerprint density at radius 1 is 1.53 bits per heavy atom. The highest BCUT2D eigenvalue weighted by Crippen LogP contribution is 2.41. The number of hydrogen-bond acceptors (Lipinski definition) is 4. The molecule has 0 radical (unpaired) electrons. The minimum absolute atomic E-state index is 0.376. The minimum atomic E-state index is -0.376. The van der Waals surface area contributed by atoms with Crippen LogP contribution in [0.1, 0.15) is 45.4 Å². The van der Waals surface area contributed by atoms with E-state index in [2.05, 4.69) is 24.0 Å². The van der Waals surface area contributed by atoms with Crippen LogP contribution < -0.4 is 5.73 Å². The molecule has 2 atom stereocenters. The van der Waals surface area contributed by atoms with Crippen LogP contribution in [0.25, 0.3) is 0 Å². The zero-order valence-corrected chi connectivity index (χ0v) is 9.44. The lowest BCUT2D eigenvalue weighted by atomic mass is 9.68. The first-order valence-electron chi connectivity index (χ1n) is 5.70. The van der Waals surface area contributed by atoms with Crippen LogP contribution >= 0.6 is 0 Å². The van der Waals surface area contributed by atoms with E-state index >= 15 is 0 Å². The second-order valence-corrected chi connectivity index (χ2v) is 4.89. The first-order valence-corrected chi connectivity index (χ1v) is 5.70. The number of rotatable bonds is 2. The summed E-state index contributed by atoms with van der Waals surface area (Å²) in [5, 5.41) is 3.93. The molecule has 0 amide bonds. The summed E-state index contributed by atoms with van der Waals surface area (Å²) in [6.45, 7) is 4.44. The third-order valence-electron chi connectivity index (χ3n) is 3.60. The van der Waals surface area contributed by atoms with E-state index in [0.717, 1.165) is 12.8 Å². The van der Waals surface area contributed by atoms with E-state index in [0.29, 0.717) is 17.7 Å². The van der Waals surface area contributed by atoms with Crippen LogP contribution in [-0.4, -0.2) is 10.1 Å². The SMILES string of the molecule is CC(C)C1CCCCC1(N)c1ncon1. The fourth-order valence-corrected chi connectivity index (χ4v) is 2.81. The van der Waals surface area contributed by atoms with Crippen molar-refractivity contribution >= 4 is 0 Å². The van der Waals surface area contributed by atoms with Crippen LogP contribution in [-0.2, 0) is 5.54 Å². The molecule has 0 aliphatic heterocycles. The maximum absolute atomic E-state index is 6.48. The first-order chi connectivity index (χ1) is 7.14. The standard InChI is InChI=1S/C11H19N3O/c1-8(2)9-5-3-4-6-11(9,12)10-13-7-15-14-10/h7-9H,3-6,12H2,1-2H3. The maximum Gasteiger partial charge on any atom is 0.213 e. The fourth-order valence-electron chi connectivity index (χ4n) is 2.81. The number of nitrogens with two attached hydrogens (primary N) is 1. The molecular weight excluding hydrogens is 190 g/mol. The molecule has 2 rings (SSSR count). The average Bonchev–Trinajstić information content (AvgIpc) is 2.71. The summed E-state index contributed by atoms with van der Waals surface area (Å²) in [5.41, 5.74) is 6.11. The summed E-state index contributed by atoms with van der Waals surface area (Å²) in [6.07, 6.45) is 5.93. The minimum Gasteiger partial charge on any atom is -0.343 e. The highest BCUT2D eigenvalue weighted by molar-refractivity contribution is 5.07. The van der Waals surface area contributed by atoms with Crippen molar-refractivity contribution in [3.8, 4) is 0 Å². The predicted molar refractivity (Wildman–Crippen MR) is 57.0 cm³/mol. The summed E-state index contributed by atoms with van der Waals surface area (Å²) in [4.78, 5) is 4.14. The van der Waals surface area contributed by atoms with Gasteiger partial charge in [-0.25, -0.2) is 0 Å². The van der Waals surface area contributed by atoms with Crippen LogP contribution in [0.5, 0.6) is 0 Å². The van der Waals surface area contributed by atoms with Gasteiger partial charge in [0.25, 0.3) is 0 Å².